The molecule has 0 fully saturated rings. The molecular weight excluding hydrogens is 470 g/mol. The fraction of sp³-hybridized carbons (Fsp3) is 0.192. The molecule has 34 heavy (non-hydrogen) atoms. The molecule has 4 aromatic rings. The van der Waals surface area contributed by atoms with Crippen LogP contribution in [0.15, 0.2) is 84.0 Å². The molecule has 0 saturated heterocycles. The number of rotatable bonds is 9. The van der Waals surface area contributed by atoms with Gasteiger partial charge >= 0.3 is 5.97 Å². The van der Waals surface area contributed by atoms with Gasteiger partial charge in [-0.3, -0.25) is 9.36 Å². The number of carbonyl (C=O) groups is 1. The summed E-state index contributed by atoms with van der Waals surface area (Å²) in [5, 5.41) is 9.47. The fourth-order valence-electron chi connectivity index (χ4n) is 3.43. The summed E-state index contributed by atoms with van der Waals surface area (Å²) in [6.45, 7) is 2.12. The molecule has 1 unspecified atom stereocenters. The molecule has 1 atom stereocenters. The van der Waals surface area contributed by atoms with Gasteiger partial charge in [0, 0.05) is 17.0 Å². The minimum absolute atomic E-state index is 0.306. The van der Waals surface area contributed by atoms with Crippen LogP contribution in [-0.4, -0.2) is 39.7 Å². The lowest BCUT2D eigenvalue weighted by Gasteiger charge is -2.15. The molecule has 0 amide bonds. The maximum atomic E-state index is 12.7. The van der Waals surface area contributed by atoms with Crippen LogP contribution < -0.4 is 4.74 Å². The van der Waals surface area contributed by atoms with Gasteiger partial charge in [-0.1, -0.05) is 78.0 Å². The van der Waals surface area contributed by atoms with Crippen LogP contribution in [0.1, 0.15) is 12.5 Å². The quantitative estimate of drug-likeness (QED) is 0.215. The van der Waals surface area contributed by atoms with Gasteiger partial charge in [-0.15, -0.1) is 10.2 Å². The molecule has 0 bridgehead atoms. The Bertz CT molecular complexity index is 1260. The highest BCUT2D eigenvalue weighted by Gasteiger charge is 2.24. The average molecular weight is 494 g/mol. The molecule has 174 valence electrons. The first kappa shape index (κ1) is 23.9. The van der Waals surface area contributed by atoms with Gasteiger partial charge in [-0.25, -0.2) is 0 Å². The van der Waals surface area contributed by atoms with Crippen molar-refractivity contribution in [1.29, 1.82) is 0 Å². The third-order valence-electron chi connectivity index (χ3n) is 5.13. The van der Waals surface area contributed by atoms with Crippen molar-refractivity contribution in [2.45, 2.75) is 23.8 Å². The van der Waals surface area contributed by atoms with Crippen LogP contribution in [0.5, 0.6) is 5.75 Å². The SMILES string of the molecule is COc1ccccc1-n1c(SC(C)C(=O)OCCc2ccccc2)nnc1-c1cccc(Cl)c1. The minimum Gasteiger partial charge on any atom is -0.495 e. The van der Waals surface area contributed by atoms with Crippen LogP contribution in [0.4, 0.5) is 0 Å². The van der Waals surface area contributed by atoms with Gasteiger partial charge < -0.3 is 9.47 Å². The van der Waals surface area contributed by atoms with Crippen molar-refractivity contribution >= 4 is 29.3 Å². The number of ether oxygens (including phenoxy) is 2. The van der Waals surface area contributed by atoms with E-state index < -0.39 is 5.25 Å². The smallest absolute Gasteiger partial charge is 0.319 e. The summed E-state index contributed by atoms with van der Waals surface area (Å²) in [6, 6.07) is 24.9. The Kier molecular flexibility index (Phi) is 7.87. The Morgan fingerprint density at radius 2 is 1.79 bits per heavy atom. The number of benzene rings is 3. The Morgan fingerprint density at radius 1 is 1.03 bits per heavy atom. The molecule has 1 heterocycles. The molecule has 0 aliphatic rings. The van der Waals surface area contributed by atoms with Crippen LogP contribution in [0.2, 0.25) is 5.02 Å². The number of carbonyl (C=O) groups excluding carboxylic acids is 1. The van der Waals surface area contributed by atoms with E-state index >= 15 is 0 Å². The van der Waals surface area contributed by atoms with Crippen molar-refractivity contribution in [1.82, 2.24) is 14.8 Å². The lowest BCUT2D eigenvalue weighted by molar-refractivity contribution is -0.142. The third-order valence-corrected chi connectivity index (χ3v) is 6.39. The molecular formula is C26H24ClN3O3S. The standard InChI is InChI=1S/C26H24ClN3O3S/c1-18(25(31)33-16-15-19-9-4-3-5-10-19)34-26-29-28-24(20-11-8-12-21(27)17-20)30(26)22-13-6-7-14-23(22)32-2/h3-14,17-18H,15-16H2,1-2H3. The summed E-state index contributed by atoms with van der Waals surface area (Å²) < 4.78 is 13.0. The minimum atomic E-state index is -0.486. The van der Waals surface area contributed by atoms with Crippen LogP contribution in [0, 0.1) is 0 Å². The Balaban J connectivity index is 1.58. The summed E-state index contributed by atoms with van der Waals surface area (Å²) in [5.41, 5.74) is 2.69. The van der Waals surface area contributed by atoms with Crippen LogP contribution in [0.25, 0.3) is 17.1 Å². The van der Waals surface area contributed by atoms with E-state index in [1.165, 1.54) is 11.8 Å². The van der Waals surface area contributed by atoms with Gasteiger partial charge in [0.2, 0.25) is 0 Å². The van der Waals surface area contributed by atoms with Gasteiger partial charge in [0.05, 0.1) is 19.4 Å². The van der Waals surface area contributed by atoms with Crippen LogP contribution in [0.3, 0.4) is 0 Å². The van der Waals surface area contributed by atoms with E-state index in [9.17, 15) is 4.79 Å². The molecule has 4 rings (SSSR count). The lowest BCUT2D eigenvalue weighted by Crippen LogP contribution is -2.19. The molecule has 0 aliphatic carbocycles. The lowest BCUT2D eigenvalue weighted by atomic mass is 10.2. The Morgan fingerprint density at radius 3 is 2.56 bits per heavy atom. The van der Waals surface area contributed by atoms with E-state index in [0.29, 0.717) is 34.8 Å². The molecule has 6 nitrogen and oxygen atoms in total. The number of nitrogens with zero attached hydrogens (tertiary/aromatic N) is 3. The van der Waals surface area contributed by atoms with Crippen molar-refractivity contribution < 1.29 is 14.3 Å². The van der Waals surface area contributed by atoms with E-state index in [0.717, 1.165) is 16.8 Å². The summed E-state index contributed by atoms with van der Waals surface area (Å²) in [5.74, 6) is 0.949. The maximum Gasteiger partial charge on any atom is 0.319 e. The Labute approximate surface area is 207 Å². The second kappa shape index (κ2) is 11.2. The molecule has 0 N–H and O–H groups in total. The van der Waals surface area contributed by atoms with Crippen LogP contribution in [-0.2, 0) is 16.0 Å². The van der Waals surface area contributed by atoms with Crippen molar-refractivity contribution in [3.8, 4) is 22.8 Å². The second-order valence-corrected chi connectivity index (χ2v) is 9.23. The van der Waals surface area contributed by atoms with Gasteiger partial charge in [0.1, 0.15) is 11.0 Å². The monoisotopic (exact) mass is 493 g/mol. The number of hydrogen-bond donors (Lipinski definition) is 0. The van der Waals surface area contributed by atoms with Gasteiger partial charge in [0.25, 0.3) is 0 Å². The number of methoxy groups -OCH3 is 1. The number of aromatic nitrogens is 3. The number of hydrogen-bond acceptors (Lipinski definition) is 6. The molecule has 3 aromatic carbocycles. The maximum absolute atomic E-state index is 12.7. The molecule has 8 heteroatoms. The predicted octanol–water partition coefficient (Wildman–Crippen LogP) is 5.86. The number of esters is 1. The zero-order valence-electron chi connectivity index (χ0n) is 18.8. The topological polar surface area (TPSA) is 66.2 Å². The zero-order chi connectivity index (χ0) is 23.9. The van der Waals surface area contributed by atoms with Crippen LogP contribution >= 0.6 is 23.4 Å². The first-order valence-corrected chi connectivity index (χ1v) is 12.0. The average Bonchev–Trinajstić information content (AvgIpc) is 3.27. The largest absolute Gasteiger partial charge is 0.495 e. The number of thioether (sulfide) groups is 1. The molecule has 0 spiro atoms. The highest BCUT2D eigenvalue weighted by Crippen LogP contribution is 2.34. The van der Waals surface area contributed by atoms with E-state index in [2.05, 4.69) is 10.2 Å². The first-order chi connectivity index (χ1) is 16.6. The van der Waals surface area contributed by atoms with E-state index in [1.54, 1.807) is 20.1 Å². The molecule has 0 radical (unpaired) electrons. The van der Waals surface area contributed by atoms with Gasteiger partial charge in [-0.05, 0) is 36.8 Å². The summed E-state index contributed by atoms with van der Waals surface area (Å²) in [7, 11) is 1.61. The normalized spacial score (nSPS) is 11.7. The molecule has 0 aliphatic heterocycles. The van der Waals surface area contributed by atoms with Crippen molar-refractivity contribution in [2.24, 2.45) is 0 Å². The first-order valence-electron chi connectivity index (χ1n) is 10.8. The summed E-state index contributed by atoms with van der Waals surface area (Å²) >= 11 is 7.51. The highest BCUT2D eigenvalue weighted by atomic mass is 35.5. The van der Waals surface area contributed by atoms with Crippen molar-refractivity contribution in [2.75, 3.05) is 13.7 Å². The Hall–Kier alpha value is -3.29. The number of halogens is 1. The third kappa shape index (κ3) is 5.61. The second-order valence-electron chi connectivity index (χ2n) is 7.49. The van der Waals surface area contributed by atoms with E-state index in [-0.39, 0.29) is 5.97 Å². The van der Waals surface area contributed by atoms with E-state index in [1.807, 2.05) is 77.4 Å². The van der Waals surface area contributed by atoms with Crippen molar-refractivity contribution in [3.05, 3.63) is 89.4 Å². The predicted molar refractivity (Wildman–Crippen MR) is 135 cm³/mol. The zero-order valence-corrected chi connectivity index (χ0v) is 20.4. The summed E-state index contributed by atoms with van der Waals surface area (Å²) in [4.78, 5) is 12.7. The summed E-state index contributed by atoms with van der Waals surface area (Å²) in [6.07, 6.45) is 0.667. The van der Waals surface area contributed by atoms with Gasteiger partial charge in [-0.2, -0.15) is 0 Å². The molecule has 0 saturated carbocycles. The molecule has 1 aromatic heterocycles. The fourth-order valence-corrected chi connectivity index (χ4v) is 4.48. The van der Waals surface area contributed by atoms with Gasteiger partial charge in [0.15, 0.2) is 11.0 Å². The highest BCUT2D eigenvalue weighted by molar-refractivity contribution is 8.00. The van der Waals surface area contributed by atoms with Crippen molar-refractivity contribution in [3.63, 3.8) is 0 Å². The number of para-hydroxylation sites is 2. The van der Waals surface area contributed by atoms with E-state index in [4.69, 9.17) is 21.1 Å².